The SMILES string of the molecule is CCCC(OC(=O)CC)P(=O)(OC)OC. The average Bonchev–Trinajstić information content (AvgIpc) is 2.27. The highest BCUT2D eigenvalue weighted by atomic mass is 31.2. The normalized spacial score (nSPS) is 13.6. The number of carbonyl (C=O) groups is 1. The van der Waals surface area contributed by atoms with Gasteiger partial charge in [-0.1, -0.05) is 20.3 Å². The molecule has 0 fully saturated rings. The van der Waals surface area contributed by atoms with E-state index in [4.69, 9.17) is 13.8 Å². The van der Waals surface area contributed by atoms with Crippen LogP contribution in [0.2, 0.25) is 0 Å². The highest BCUT2D eigenvalue weighted by molar-refractivity contribution is 7.54. The lowest BCUT2D eigenvalue weighted by atomic mass is 10.3. The third-order valence-electron chi connectivity index (χ3n) is 1.95. The Bertz CT molecular complexity index is 233. The summed E-state index contributed by atoms with van der Waals surface area (Å²) in [4.78, 5) is 11.1. The van der Waals surface area contributed by atoms with Crippen molar-refractivity contribution in [1.82, 2.24) is 0 Å². The summed E-state index contributed by atoms with van der Waals surface area (Å²) in [6.45, 7) is 3.58. The summed E-state index contributed by atoms with van der Waals surface area (Å²) in [5.41, 5.74) is 0. The smallest absolute Gasteiger partial charge is 0.370 e. The van der Waals surface area contributed by atoms with Gasteiger partial charge < -0.3 is 13.8 Å². The number of carbonyl (C=O) groups excluding carboxylic acids is 1. The minimum atomic E-state index is -3.32. The molecule has 0 heterocycles. The Morgan fingerprint density at radius 1 is 1.27 bits per heavy atom. The van der Waals surface area contributed by atoms with Crippen molar-refractivity contribution in [2.45, 2.75) is 39.0 Å². The maximum Gasteiger partial charge on any atom is 0.370 e. The quantitative estimate of drug-likeness (QED) is 0.503. The molecule has 0 aliphatic heterocycles. The van der Waals surface area contributed by atoms with E-state index in [0.29, 0.717) is 6.42 Å². The van der Waals surface area contributed by atoms with Gasteiger partial charge in [0.2, 0.25) is 5.85 Å². The van der Waals surface area contributed by atoms with E-state index in [1.54, 1.807) is 6.92 Å². The summed E-state index contributed by atoms with van der Waals surface area (Å²) in [6, 6.07) is 0. The molecule has 0 bridgehead atoms. The summed E-state index contributed by atoms with van der Waals surface area (Å²) in [5, 5.41) is 0. The van der Waals surface area contributed by atoms with Crippen LogP contribution in [0.4, 0.5) is 0 Å². The molecule has 0 N–H and O–H groups in total. The summed E-state index contributed by atoms with van der Waals surface area (Å²) < 4.78 is 26.6. The van der Waals surface area contributed by atoms with Crippen molar-refractivity contribution in [3.63, 3.8) is 0 Å². The molecular formula is C9H19O5P. The number of ether oxygens (including phenoxy) is 1. The molecule has 0 aliphatic rings. The van der Waals surface area contributed by atoms with Crippen LogP contribution < -0.4 is 0 Å². The number of hydrogen-bond acceptors (Lipinski definition) is 5. The van der Waals surface area contributed by atoms with Crippen LogP contribution in [0, 0.1) is 0 Å². The van der Waals surface area contributed by atoms with Crippen molar-refractivity contribution >= 4 is 13.6 Å². The molecule has 5 nitrogen and oxygen atoms in total. The van der Waals surface area contributed by atoms with Crippen LogP contribution in [0.25, 0.3) is 0 Å². The predicted octanol–water partition coefficient (Wildman–Crippen LogP) is 2.55. The van der Waals surface area contributed by atoms with Crippen LogP contribution in [0.3, 0.4) is 0 Å². The molecule has 0 aromatic heterocycles. The van der Waals surface area contributed by atoms with Gasteiger partial charge in [-0.3, -0.25) is 9.36 Å². The highest BCUT2D eigenvalue weighted by Crippen LogP contribution is 2.53. The zero-order valence-electron chi connectivity index (χ0n) is 9.69. The molecule has 1 unspecified atom stereocenters. The van der Waals surface area contributed by atoms with Crippen LogP contribution in [0.5, 0.6) is 0 Å². The molecule has 0 aliphatic carbocycles. The van der Waals surface area contributed by atoms with Gasteiger partial charge in [-0.2, -0.15) is 0 Å². The standard InChI is InChI=1S/C9H19O5P/c1-5-7-9(14-8(10)6-2)15(11,12-3)13-4/h9H,5-7H2,1-4H3. The first kappa shape index (κ1) is 14.6. The Labute approximate surface area is 90.6 Å². The van der Waals surface area contributed by atoms with Gasteiger partial charge >= 0.3 is 13.6 Å². The topological polar surface area (TPSA) is 61.8 Å². The van der Waals surface area contributed by atoms with Crippen molar-refractivity contribution in [1.29, 1.82) is 0 Å². The van der Waals surface area contributed by atoms with Gasteiger partial charge in [-0.05, 0) is 6.42 Å². The molecular weight excluding hydrogens is 219 g/mol. The first-order valence-corrected chi connectivity index (χ1v) is 6.55. The Hall–Kier alpha value is -0.380. The fourth-order valence-electron chi connectivity index (χ4n) is 1.07. The van der Waals surface area contributed by atoms with Crippen molar-refractivity contribution in [2.24, 2.45) is 0 Å². The van der Waals surface area contributed by atoms with Gasteiger partial charge in [0, 0.05) is 20.6 Å². The van der Waals surface area contributed by atoms with E-state index in [0.717, 1.165) is 6.42 Å². The highest BCUT2D eigenvalue weighted by Gasteiger charge is 2.36. The lowest BCUT2D eigenvalue weighted by molar-refractivity contribution is -0.146. The third-order valence-corrected chi connectivity index (χ3v) is 4.04. The van der Waals surface area contributed by atoms with Crippen molar-refractivity contribution in [3.8, 4) is 0 Å². The molecule has 90 valence electrons. The molecule has 15 heavy (non-hydrogen) atoms. The van der Waals surface area contributed by atoms with E-state index in [-0.39, 0.29) is 6.42 Å². The van der Waals surface area contributed by atoms with E-state index >= 15 is 0 Å². The molecule has 0 radical (unpaired) electrons. The number of rotatable bonds is 7. The first-order chi connectivity index (χ1) is 7.03. The van der Waals surface area contributed by atoms with Gasteiger partial charge in [0.15, 0.2) is 0 Å². The van der Waals surface area contributed by atoms with Crippen LogP contribution in [0.1, 0.15) is 33.1 Å². The molecule has 0 spiro atoms. The molecule has 6 heteroatoms. The maximum atomic E-state index is 12.0. The van der Waals surface area contributed by atoms with E-state index in [9.17, 15) is 9.36 Å². The number of hydrogen-bond donors (Lipinski definition) is 0. The molecule has 0 rings (SSSR count). The zero-order chi connectivity index (χ0) is 11.9. The Balaban J connectivity index is 4.63. The second-order valence-electron chi connectivity index (χ2n) is 2.99. The monoisotopic (exact) mass is 238 g/mol. The largest absolute Gasteiger partial charge is 0.449 e. The van der Waals surface area contributed by atoms with Crippen LogP contribution >= 0.6 is 7.60 Å². The maximum absolute atomic E-state index is 12.0. The fraction of sp³-hybridized carbons (Fsp3) is 0.889. The molecule has 0 aromatic carbocycles. The van der Waals surface area contributed by atoms with Crippen LogP contribution in [0.15, 0.2) is 0 Å². The lowest BCUT2D eigenvalue weighted by Gasteiger charge is -2.23. The van der Waals surface area contributed by atoms with Crippen molar-refractivity contribution < 1.29 is 23.1 Å². The average molecular weight is 238 g/mol. The van der Waals surface area contributed by atoms with E-state index in [1.807, 2.05) is 6.92 Å². The first-order valence-electron chi connectivity index (χ1n) is 4.94. The van der Waals surface area contributed by atoms with Gasteiger partial charge in [0.1, 0.15) is 0 Å². The third kappa shape index (κ3) is 4.33. The molecule has 1 atom stereocenters. The van der Waals surface area contributed by atoms with Crippen LogP contribution in [-0.4, -0.2) is 26.0 Å². The Morgan fingerprint density at radius 2 is 1.80 bits per heavy atom. The van der Waals surface area contributed by atoms with Crippen molar-refractivity contribution in [3.05, 3.63) is 0 Å². The summed E-state index contributed by atoms with van der Waals surface area (Å²) >= 11 is 0. The van der Waals surface area contributed by atoms with Gasteiger partial charge in [-0.15, -0.1) is 0 Å². The zero-order valence-corrected chi connectivity index (χ0v) is 10.6. The lowest BCUT2D eigenvalue weighted by Crippen LogP contribution is -2.19. The molecule has 0 amide bonds. The predicted molar refractivity (Wildman–Crippen MR) is 56.7 cm³/mol. The van der Waals surface area contributed by atoms with Gasteiger partial charge in [0.05, 0.1) is 0 Å². The second-order valence-corrected chi connectivity index (χ2v) is 5.38. The van der Waals surface area contributed by atoms with Crippen molar-refractivity contribution in [2.75, 3.05) is 14.2 Å². The Kier molecular flexibility index (Phi) is 6.81. The Morgan fingerprint density at radius 3 is 2.13 bits per heavy atom. The fourth-order valence-corrected chi connectivity index (χ4v) is 2.51. The minimum absolute atomic E-state index is 0.244. The molecule has 0 aromatic rings. The minimum Gasteiger partial charge on any atom is -0.449 e. The van der Waals surface area contributed by atoms with E-state index in [2.05, 4.69) is 0 Å². The van der Waals surface area contributed by atoms with E-state index in [1.165, 1.54) is 14.2 Å². The summed E-state index contributed by atoms with van der Waals surface area (Å²) in [5.74, 6) is -1.20. The van der Waals surface area contributed by atoms with Gasteiger partial charge in [0.25, 0.3) is 0 Å². The molecule has 0 saturated heterocycles. The van der Waals surface area contributed by atoms with E-state index < -0.39 is 19.4 Å². The number of esters is 1. The van der Waals surface area contributed by atoms with Gasteiger partial charge in [-0.25, -0.2) is 0 Å². The summed E-state index contributed by atoms with van der Waals surface area (Å²) in [7, 11) is -0.749. The van der Waals surface area contributed by atoms with Crippen LogP contribution in [-0.2, 0) is 23.1 Å². The second kappa shape index (κ2) is 6.99. The molecule has 0 saturated carbocycles. The summed E-state index contributed by atoms with van der Waals surface area (Å²) in [6.07, 6.45) is 1.44.